The van der Waals surface area contributed by atoms with Crippen LogP contribution in [0.5, 0.6) is 5.75 Å². The van der Waals surface area contributed by atoms with Crippen LogP contribution in [0.25, 0.3) is 0 Å². The highest BCUT2D eigenvalue weighted by Crippen LogP contribution is 2.27. The lowest BCUT2D eigenvalue weighted by Crippen LogP contribution is -2.37. The number of carbonyl (C=O) groups is 1. The summed E-state index contributed by atoms with van der Waals surface area (Å²) >= 11 is 0. The molecule has 3 aromatic rings. The van der Waals surface area contributed by atoms with E-state index >= 15 is 0 Å². The lowest BCUT2D eigenvalue weighted by Gasteiger charge is -2.23. The number of carbonyl (C=O) groups excluding carboxylic acids is 1. The highest BCUT2D eigenvalue weighted by Gasteiger charge is 2.31. The van der Waals surface area contributed by atoms with Gasteiger partial charge in [0.1, 0.15) is 5.75 Å². The molecule has 5 nitrogen and oxygen atoms in total. The molecule has 0 bridgehead atoms. The minimum atomic E-state index is -4.09. The second-order valence-electron chi connectivity index (χ2n) is 6.89. The average Bonchev–Trinajstić information content (AvgIpc) is 2.79. The lowest BCUT2D eigenvalue weighted by atomic mass is 10.1. The number of unbranched alkanes of at least 4 members (excludes halogenated alkanes) is 1. The molecule has 1 amide bonds. The molecule has 0 aliphatic carbocycles. The molecule has 3 aromatic carbocycles. The third-order valence-corrected chi connectivity index (χ3v) is 6.52. The first kappa shape index (κ1) is 21.6. The molecule has 0 aromatic heterocycles. The van der Waals surface area contributed by atoms with Gasteiger partial charge in [0.15, 0.2) is 0 Å². The number of benzene rings is 3. The molecule has 0 spiro atoms. The molecule has 3 rings (SSSR count). The number of ether oxygens (including phenoxy) is 1. The van der Waals surface area contributed by atoms with E-state index in [1.807, 2.05) is 12.1 Å². The van der Waals surface area contributed by atoms with Gasteiger partial charge in [-0.3, -0.25) is 4.79 Å². The Morgan fingerprint density at radius 1 is 0.900 bits per heavy atom. The van der Waals surface area contributed by atoms with E-state index in [4.69, 9.17) is 4.74 Å². The van der Waals surface area contributed by atoms with Gasteiger partial charge in [-0.2, -0.15) is 4.31 Å². The number of hydrogen-bond acceptors (Lipinski definition) is 4. The number of nitrogens with zero attached hydrogens (tertiary/aromatic N) is 1. The van der Waals surface area contributed by atoms with Crippen LogP contribution in [-0.2, 0) is 16.4 Å². The predicted molar refractivity (Wildman–Crippen MR) is 118 cm³/mol. The summed E-state index contributed by atoms with van der Waals surface area (Å²) in [5.74, 6) is -0.0351. The summed E-state index contributed by atoms with van der Waals surface area (Å²) in [5, 5.41) is 0. The van der Waals surface area contributed by atoms with Crippen LogP contribution in [-0.4, -0.2) is 21.4 Å². The topological polar surface area (TPSA) is 63.7 Å². The van der Waals surface area contributed by atoms with E-state index in [0.29, 0.717) is 11.4 Å². The fourth-order valence-corrected chi connectivity index (χ4v) is 4.53. The van der Waals surface area contributed by atoms with E-state index in [9.17, 15) is 13.2 Å². The Hall–Kier alpha value is -3.12. The second-order valence-corrected chi connectivity index (χ2v) is 8.67. The van der Waals surface area contributed by atoms with Gasteiger partial charge in [0, 0.05) is 5.56 Å². The maximum Gasteiger partial charge on any atom is 0.272 e. The monoisotopic (exact) mass is 423 g/mol. The third kappa shape index (κ3) is 4.71. The Balaban J connectivity index is 2.05. The standard InChI is InChI=1S/C24H25NO4S/c1-3-4-8-19-11-15-21(16-12-19)25(30(27,28)23-9-6-5-7-10-23)24(26)20-13-17-22(29-2)18-14-20/h5-7,9-18H,3-4,8H2,1-2H3. The maximum absolute atomic E-state index is 13.4. The first-order valence-corrected chi connectivity index (χ1v) is 11.3. The summed E-state index contributed by atoms with van der Waals surface area (Å²) in [6, 6.07) is 21.5. The number of anilines is 1. The van der Waals surface area contributed by atoms with Gasteiger partial charge in [0.25, 0.3) is 15.9 Å². The summed E-state index contributed by atoms with van der Waals surface area (Å²) in [7, 11) is -2.56. The van der Waals surface area contributed by atoms with Crippen molar-refractivity contribution >= 4 is 21.6 Å². The number of sulfonamides is 1. The Morgan fingerprint density at radius 3 is 2.10 bits per heavy atom. The molecule has 6 heteroatoms. The largest absolute Gasteiger partial charge is 0.497 e. The number of aryl methyl sites for hydroxylation is 1. The Kier molecular flexibility index (Phi) is 6.90. The minimum absolute atomic E-state index is 0.0573. The number of rotatable bonds is 8. The molecular formula is C24H25NO4S. The molecule has 0 heterocycles. The Morgan fingerprint density at radius 2 is 1.53 bits per heavy atom. The molecule has 156 valence electrons. The highest BCUT2D eigenvalue weighted by molar-refractivity contribution is 7.93. The maximum atomic E-state index is 13.4. The van der Waals surface area contributed by atoms with Crippen LogP contribution in [0, 0.1) is 0 Å². The highest BCUT2D eigenvalue weighted by atomic mass is 32.2. The van der Waals surface area contributed by atoms with Crippen molar-refractivity contribution in [1.29, 1.82) is 0 Å². The van der Waals surface area contributed by atoms with Gasteiger partial charge in [-0.25, -0.2) is 8.42 Å². The second kappa shape index (κ2) is 9.59. The van der Waals surface area contributed by atoms with Crippen molar-refractivity contribution in [2.75, 3.05) is 11.4 Å². The van der Waals surface area contributed by atoms with Gasteiger partial charge in [0.2, 0.25) is 0 Å². The molecule has 0 aliphatic heterocycles. The summed E-state index contributed by atoms with van der Waals surface area (Å²) in [4.78, 5) is 13.4. The van der Waals surface area contributed by atoms with E-state index < -0.39 is 15.9 Å². The zero-order chi connectivity index (χ0) is 21.6. The molecule has 0 unspecified atom stereocenters. The van der Waals surface area contributed by atoms with E-state index in [1.165, 1.54) is 19.2 Å². The molecule has 0 saturated heterocycles. The van der Waals surface area contributed by atoms with Crippen molar-refractivity contribution < 1.29 is 17.9 Å². The van der Waals surface area contributed by atoms with Crippen molar-refractivity contribution in [2.24, 2.45) is 0 Å². The fraction of sp³-hybridized carbons (Fsp3) is 0.208. The average molecular weight is 424 g/mol. The lowest BCUT2D eigenvalue weighted by molar-refractivity contribution is 0.101. The van der Waals surface area contributed by atoms with E-state index in [2.05, 4.69) is 6.92 Å². The Bertz CT molecular complexity index is 1080. The summed E-state index contributed by atoms with van der Waals surface area (Å²) in [5.41, 5.74) is 1.67. The van der Waals surface area contributed by atoms with E-state index in [0.717, 1.165) is 29.1 Å². The minimum Gasteiger partial charge on any atom is -0.497 e. The van der Waals surface area contributed by atoms with Crippen LogP contribution < -0.4 is 9.04 Å². The molecule has 0 atom stereocenters. The smallest absolute Gasteiger partial charge is 0.272 e. The first-order valence-electron chi connectivity index (χ1n) is 9.85. The zero-order valence-electron chi connectivity index (χ0n) is 17.1. The molecule has 0 saturated carbocycles. The zero-order valence-corrected chi connectivity index (χ0v) is 17.9. The summed E-state index contributed by atoms with van der Waals surface area (Å²) in [6.45, 7) is 2.12. The number of hydrogen-bond donors (Lipinski definition) is 0. The van der Waals surface area contributed by atoms with Gasteiger partial charge in [-0.1, -0.05) is 43.7 Å². The molecule has 0 N–H and O–H groups in total. The van der Waals surface area contributed by atoms with Gasteiger partial charge < -0.3 is 4.74 Å². The quantitative estimate of drug-likeness (QED) is 0.507. The van der Waals surface area contributed by atoms with Crippen LogP contribution in [0.1, 0.15) is 35.7 Å². The number of methoxy groups -OCH3 is 1. The molecule has 0 radical (unpaired) electrons. The van der Waals surface area contributed by atoms with Gasteiger partial charge in [-0.05, 0) is 66.9 Å². The molecular weight excluding hydrogens is 398 g/mol. The van der Waals surface area contributed by atoms with Crippen LogP contribution in [0.15, 0.2) is 83.8 Å². The van der Waals surface area contributed by atoms with Crippen molar-refractivity contribution in [3.63, 3.8) is 0 Å². The first-order chi connectivity index (χ1) is 14.5. The van der Waals surface area contributed by atoms with Crippen molar-refractivity contribution in [1.82, 2.24) is 0 Å². The van der Waals surface area contributed by atoms with Gasteiger partial charge >= 0.3 is 0 Å². The van der Waals surface area contributed by atoms with Crippen molar-refractivity contribution in [2.45, 2.75) is 31.1 Å². The van der Waals surface area contributed by atoms with E-state index in [-0.39, 0.29) is 10.5 Å². The van der Waals surface area contributed by atoms with Crippen LogP contribution in [0.2, 0.25) is 0 Å². The van der Waals surface area contributed by atoms with Gasteiger partial charge in [-0.15, -0.1) is 0 Å². The fourth-order valence-electron chi connectivity index (χ4n) is 3.09. The third-order valence-electron chi connectivity index (χ3n) is 4.79. The number of amides is 1. The molecule has 30 heavy (non-hydrogen) atoms. The van der Waals surface area contributed by atoms with Crippen LogP contribution in [0.3, 0.4) is 0 Å². The predicted octanol–water partition coefficient (Wildman–Crippen LogP) is 5.07. The van der Waals surface area contributed by atoms with Crippen LogP contribution in [0.4, 0.5) is 5.69 Å². The summed E-state index contributed by atoms with van der Waals surface area (Å²) in [6.07, 6.45) is 3.04. The van der Waals surface area contributed by atoms with E-state index in [1.54, 1.807) is 54.6 Å². The molecule has 0 fully saturated rings. The summed E-state index contributed by atoms with van der Waals surface area (Å²) < 4.78 is 32.8. The van der Waals surface area contributed by atoms with Crippen molar-refractivity contribution in [3.05, 3.63) is 90.0 Å². The van der Waals surface area contributed by atoms with Gasteiger partial charge in [0.05, 0.1) is 17.7 Å². The SMILES string of the molecule is CCCCc1ccc(N(C(=O)c2ccc(OC)cc2)S(=O)(=O)c2ccccc2)cc1. The Labute approximate surface area is 178 Å². The van der Waals surface area contributed by atoms with Crippen molar-refractivity contribution in [3.8, 4) is 5.75 Å². The normalized spacial score (nSPS) is 11.1. The van der Waals surface area contributed by atoms with Crippen LogP contribution >= 0.6 is 0 Å². The molecule has 0 aliphatic rings.